The van der Waals surface area contributed by atoms with Crippen LogP contribution in [0.3, 0.4) is 0 Å². The van der Waals surface area contributed by atoms with E-state index >= 15 is 0 Å². The standard InChI is InChI=1S/C16H28N2O8S2/c1-13(2,3)25-11(23)17-15(7,9(19)20)27-28-16(8,10(21)22)18-12(24)26-14(4,5)6/h1-8H3,(H,17,23)(H,18,24)(H,19,20)(H,21,22). The molecular weight excluding hydrogens is 412 g/mol. The van der Waals surface area contributed by atoms with E-state index in [1.165, 1.54) is 13.8 Å². The van der Waals surface area contributed by atoms with E-state index in [-0.39, 0.29) is 0 Å². The van der Waals surface area contributed by atoms with Gasteiger partial charge in [0.25, 0.3) is 0 Å². The highest BCUT2D eigenvalue weighted by Gasteiger charge is 2.44. The van der Waals surface area contributed by atoms with Crippen LogP contribution in [0.5, 0.6) is 0 Å². The first-order valence-electron chi connectivity index (χ1n) is 8.16. The number of carboxylic acid groups (broad SMARTS) is 2. The van der Waals surface area contributed by atoms with E-state index in [1.54, 1.807) is 41.5 Å². The van der Waals surface area contributed by atoms with Gasteiger partial charge in [-0.3, -0.25) is 10.6 Å². The smallest absolute Gasteiger partial charge is 0.409 e. The zero-order valence-corrected chi connectivity index (χ0v) is 18.8. The van der Waals surface area contributed by atoms with Gasteiger partial charge in [-0.1, -0.05) is 21.6 Å². The second-order valence-corrected chi connectivity index (χ2v) is 11.1. The van der Waals surface area contributed by atoms with E-state index in [4.69, 9.17) is 9.47 Å². The summed E-state index contributed by atoms with van der Waals surface area (Å²) >= 11 is 0. The van der Waals surface area contributed by atoms with Crippen molar-refractivity contribution in [2.45, 2.75) is 76.3 Å². The van der Waals surface area contributed by atoms with E-state index in [2.05, 4.69) is 10.6 Å². The van der Waals surface area contributed by atoms with Crippen LogP contribution in [0, 0.1) is 0 Å². The van der Waals surface area contributed by atoms with Gasteiger partial charge in [-0.15, -0.1) is 0 Å². The maximum atomic E-state index is 11.9. The lowest BCUT2D eigenvalue weighted by Gasteiger charge is -2.31. The second kappa shape index (κ2) is 9.12. The number of hydrogen-bond donors (Lipinski definition) is 4. The van der Waals surface area contributed by atoms with Crippen LogP contribution >= 0.6 is 21.6 Å². The van der Waals surface area contributed by atoms with Gasteiger partial charge in [-0.2, -0.15) is 0 Å². The number of carbonyl (C=O) groups excluding carboxylic acids is 2. The predicted molar refractivity (Wildman–Crippen MR) is 106 cm³/mol. The van der Waals surface area contributed by atoms with Gasteiger partial charge in [0.15, 0.2) is 9.74 Å². The quantitative estimate of drug-likeness (QED) is 0.343. The average Bonchev–Trinajstić information content (AvgIpc) is 2.40. The minimum Gasteiger partial charge on any atom is -0.479 e. The molecule has 0 bridgehead atoms. The van der Waals surface area contributed by atoms with E-state index in [1.807, 2.05) is 0 Å². The number of carbonyl (C=O) groups is 4. The number of rotatable bonds is 7. The number of carboxylic acids is 2. The molecule has 0 fully saturated rings. The summed E-state index contributed by atoms with van der Waals surface area (Å²) < 4.78 is 10.1. The Hall–Kier alpha value is -1.82. The van der Waals surface area contributed by atoms with Gasteiger partial charge in [-0.05, 0) is 55.4 Å². The molecule has 2 atom stereocenters. The Morgan fingerprint density at radius 1 is 0.643 bits per heavy atom. The van der Waals surface area contributed by atoms with Crippen molar-refractivity contribution in [1.29, 1.82) is 0 Å². The number of ether oxygens (including phenoxy) is 2. The Morgan fingerprint density at radius 3 is 1.07 bits per heavy atom. The number of amides is 2. The molecule has 0 rings (SSSR count). The third-order valence-corrected chi connectivity index (χ3v) is 6.22. The first-order valence-corrected chi connectivity index (χ1v) is 10.3. The van der Waals surface area contributed by atoms with Crippen molar-refractivity contribution >= 4 is 45.7 Å². The van der Waals surface area contributed by atoms with Crippen molar-refractivity contribution < 1.29 is 38.9 Å². The van der Waals surface area contributed by atoms with Crippen molar-refractivity contribution in [3.8, 4) is 0 Å². The minimum atomic E-state index is -1.93. The lowest BCUT2D eigenvalue weighted by molar-refractivity contribution is -0.141. The first kappa shape index (κ1) is 26.2. The molecule has 0 saturated heterocycles. The maximum Gasteiger partial charge on any atom is 0.409 e. The van der Waals surface area contributed by atoms with E-state index in [9.17, 15) is 29.4 Å². The first-order chi connectivity index (χ1) is 12.3. The molecule has 28 heavy (non-hydrogen) atoms. The zero-order chi connectivity index (χ0) is 22.6. The number of alkyl carbamates (subject to hydrolysis) is 2. The summed E-state index contributed by atoms with van der Waals surface area (Å²) in [6, 6.07) is 0. The normalized spacial score (nSPS) is 16.1. The van der Waals surface area contributed by atoms with Crippen LogP contribution in [0.4, 0.5) is 9.59 Å². The molecule has 2 amide bonds. The largest absolute Gasteiger partial charge is 0.479 e. The fraction of sp³-hybridized carbons (Fsp3) is 0.750. The van der Waals surface area contributed by atoms with Crippen LogP contribution in [0.15, 0.2) is 0 Å². The molecular formula is C16H28N2O8S2. The number of hydrogen-bond acceptors (Lipinski definition) is 8. The van der Waals surface area contributed by atoms with Gasteiger partial charge in [-0.25, -0.2) is 19.2 Å². The summed E-state index contributed by atoms with van der Waals surface area (Å²) in [4.78, 5) is 43.3. The fourth-order valence-electron chi connectivity index (χ4n) is 1.38. The molecule has 0 aliphatic heterocycles. The molecule has 2 unspecified atom stereocenters. The van der Waals surface area contributed by atoms with E-state index in [0.29, 0.717) is 21.6 Å². The summed E-state index contributed by atoms with van der Waals surface area (Å²) in [6.45, 7) is 12.0. The maximum absolute atomic E-state index is 11.9. The van der Waals surface area contributed by atoms with Crippen LogP contribution in [0.1, 0.15) is 55.4 Å². The Labute approximate surface area is 171 Å². The van der Waals surface area contributed by atoms with Gasteiger partial charge in [0.05, 0.1) is 0 Å². The van der Waals surface area contributed by atoms with Crippen LogP contribution in [-0.4, -0.2) is 55.3 Å². The molecule has 0 aliphatic carbocycles. The van der Waals surface area contributed by atoms with Gasteiger partial charge in [0.2, 0.25) is 0 Å². The second-order valence-electron chi connectivity index (χ2n) is 8.10. The minimum absolute atomic E-state index is 0.536. The highest BCUT2D eigenvalue weighted by Crippen LogP contribution is 2.42. The Bertz CT molecular complexity index is 575. The van der Waals surface area contributed by atoms with Crippen molar-refractivity contribution in [3.63, 3.8) is 0 Å². The molecule has 0 spiro atoms. The molecule has 0 heterocycles. The molecule has 0 saturated carbocycles. The van der Waals surface area contributed by atoms with Crippen LogP contribution in [0.25, 0.3) is 0 Å². The zero-order valence-electron chi connectivity index (χ0n) is 17.2. The Kier molecular flexibility index (Phi) is 8.53. The topological polar surface area (TPSA) is 151 Å². The number of nitrogens with one attached hydrogen (secondary N) is 2. The lowest BCUT2D eigenvalue weighted by Crippen LogP contribution is -2.53. The van der Waals surface area contributed by atoms with Gasteiger partial charge in [0, 0.05) is 0 Å². The third kappa shape index (κ3) is 9.40. The van der Waals surface area contributed by atoms with Gasteiger partial charge in [0.1, 0.15) is 11.2 Å². The summed E-state index contributed by atoms with van der Waals surface area (Å²) in [5.41, 5.74) is -1.70. The molecule has 0 aliphatic rings. The fourth-order valence-corrected chi connectivity index (χ4v) is 3.79. The summed E-state index contributed by atoms with van der Waals surface area (Å²) in [5.74, 6) is -2.86. The van der Waals surface area contributed by atoms with Gasteiger partial charge < -0.3 is 19.7 Å². The summed E-state index contributed by atoms with van der Waals surface area (Å²) in [7, 11) is 1.07. The average molecular weight is 441 g/mol. The molecule has 0 radical (unpaired) electrons. The monoisotopic (exact) mass is 440 g/mol. The molecule has 0 aromatic carbocycles. The summed E-state index contributed by atoms with van der Waals surface area (Å²) in [6.07, 6.45) is -1.97. The van der Waals surface area contributed by atoms with Crippen LogP contribution in [0.2, 0.25) is 0 Å². The predicted octanol–water partition coefficient (Wildman–Crippen LogP) is 3.02. The highest BCUT2D eigenvalue weighted by molar-refractivity contribution is 8.78. The highest BCUT2D eigenvalue weighted by atomic mass is 33.1. The van der Waals surface area contributed by atoms with E-state index < -0.39 is 45.1 Å². The molecule has 162 valence electrons. The third-order valence-electron chi connectivity index (χ3n) is 2.67. The van der Waals surface area contributed by atoms with Crippen molar-refractivity contribution in [3.05, 3.63) is 0 Å². The molecule has 10 nitrogen and oxygen atoms in total. The summed E-state index contributed by atoms with van der Waals surface area (Å²) in [5, 5.41) is 23.4. The molecule has 0 aromatic heterocycles. The molecule has 0 aromatic rings. The van der Waals surface area contributed by atoms with Crippen molar-refractivity contribution in [2.75, 3.05) is 0 Å². The lowest BCUT2D eigenvalue weighted by atomic mass is 10.2. The Balaban J connectivity index is 5.31. The van der Waals surface area contributed by atoms with Crippen LogP contribution < -0.4 is 10.6 Å². The van der Waals surface area contributed by atoms with Crippen molar-refractivity contribution in [1.82, 2.24) is 10.6 Å². The van der Waals surface area contributed by atoms with E-state index in [0.717, 1.165) is 0 Å². The SMILES string of the molecule is CC(C)(C)OC(=O)NC(C)(SSC(C)(NC(=O)OC(C)(C)C)C(=O)O)C(=O)O. The molecule has 4 N–H and O–H groups in total. The number of aliphatic carboxylic acids is 2. The van der Waals surface area contributed by atoms with Gasteiger partial charge >= 0.3 is 24.1 Å². The molecule has 12 heteroatoms. The van der Waals surface area contributed by atoms with Crippen molar-refractivity contribution in [2.24, 2.45) is 0 Å². The van der Waals surface area contributed by atoms with Crippen LogP contribution in [-0.2, 0) is 19.1 Å². The Morgan fingerprint density at radius 2 is 0.893 bits per heavy atom.